The summed E-state index contributed by atoms with van der Waals surface area (Å²) in [4.78, 5) is 59.7. The maximum Gasteiger partial charge on any atom is 0.342 e. The predicted molar refractivity (Wildman–Crippen MR) is 118 cm³/mol. The smallest absolute Gasteiger partial charge is 0.342 e. The third kappa shape index (κ3) is 7.70. The Kier molecular flexibility index (Phi) is 9.69. The lowest BCUT2D eigenvalue weighted by molar-refractivity contribution is -0.294. The van der Waals surface area contributed by atoms with Gasteiger partial charge >= 0.3 is 29.8 Å². The molecular formula is C21H23Cl2NO11. The van der Waals surface area contributed by atoms with Crippen molar-refractivity contribution in [3.05, 3.63) is 27.7 Å². The fraction of sp³-hybridized carbons (Fsp3) is 0.476. The summed E-state index contributed by atoms with van der Waals surface area (Å²) in [6, 6.07) is 2.50. The number of halogens is 2. The first-order chi connectivity index (χ1) is 16.3. The Bertz CT molecular complexity index is 1020. The van der Waals surface area contributed by atoms with E-state index in [2.05, 4.69) is 0 Å². The summed E-state index contributed by atoms with van der Waals surface area (Å²) in [6.07, 6.45) is -7.52. The standard InChI is InChI=1S/C21H23Cl2NO11/c1-8(25)30-7-15-17(31-9(2)26)18(32-10(3)27)19(33-11(4)28)21(34-15)35-20(29)13-5-12(22)6-14(24)16(13)23/h5-6,15,17-19,21H,7,24H2,1-4H3/t15-,17-,18+,19-,21+/m1/s1. The van der Waals surface area contributed by atoms with Gasteiger partial charge in [-0.25, -0.2) is 4.79 Å². The van der Waals surface area contributed by atoms with Crippen molar-refractivity contribution >= 4 is 58.7 Å². The van der Waals surface area contributed by atoms with Crippen molar-refractivity contribution in [1.82, 2.24) is 0 Å². The van der Waals surface area contributed by atoms with Gasteiger partial charge in [0, 0.05) is 32.7 Å². The first kappa shape index (κ1) is 28.1. The Hall–Kier alpha value is -3.09. The van der Waals surface area contributed by atoms with Crippen molar-refractivity contribution in [1.29, 1.82) is 0 Å². The first-order valence-corrected chi connectivity index (χ1v) is 10.8. The molecule has 0 bridgehead atoms. The number of hydrogen-bond acceptors (Lipinski definition) is 12. The van der Waals surface area contributed by atoms with Crippen LogP contribution < -0.4 is 5.73 Å². The molecule has 35 heavy (non-hydrogen) atoms. The highest BCUT2D eigenvalue weighted by Gasteiger charge is 2.53. The number of ether oxygens (including phenoxy) is 6. The molecule has 1 fully saturated rings. The van der Waals surface area contributed by atoms with Gasteiger partial charge in [-0.15, -0.1) is 0 Å². The van der Waals surface area contributed by atoms with Gasteiger partial charge in [-0.3, -0.25) is 19.2 Å². The minimum atomic E-state index is -1.72. The van der Waals surface area contributed by atoms with E-state index in [0.29, 0.717) is 0 Å². The summed E-state index contributed by atoms with van der Waals surface area (Å²) in [6.45, 7) is 3.81. The van der Waals surface area contributed by atoms with Crippen molar-refractivity contribution in [2.75, 3.05) is 12.3 Å². The number of benzene rings is 1. The van der Waals surface area contributed by atoms with Gasteiger partial charge in [0.2, 0.25) is 12.4 Å². The van der Waals surface area contributed by atoms with Gasteiger partial charge in [-0.1, -0.05) is 23.2 Å². The fourth-order valence-electron chi connectivity index (χ4n) is 3.21. The van der Waals surface area contributed by atoms with E-state index in [9.17, 15) is 24.0 Å². The molecule has 1 heterocycles. The van der Waals surface area contributed by atoms with Gasteiger partial charge < -0.3 is 34.2 Å². The van der Waals surface area contributed by atoms with Crippen LogP contribution in [-0.4, -0.2) is 67.2 Å². The Morgan fingerprint density at radius 2 is 1.37 bits per heavy atom. The largest absolute Gasteiger partial charge is 0.463 e. The molecule has 0 unspecified atom stereocenters. The lowest BCUT2D eigenvalue weighted by Crippen LogP contribution is -2.63. The summed E-state index contributed by atoms with van der Waals surface area (Å²) in [5.41, 5.74) is 5.50. The number of rotatable bonds is 7. The Balaban J connectivity index is 2.50. The molecule has 14 heteroatoms. The normalized spacial score (nSPS) is 23.5. The molecular weight excluding hydrogens is 513 g/mol. The molecule has 2 rings (SSSR count). The molecule has 1 aliphatic rings. The van der Waals surface area contributed by atoms with E-state index in [0.717, 1.165) is 27.7 Å². The van der Waals surface area contributed by atoms with Gasteiger partial charge in [0.15, 0.2) is 12.2 Å². The zero-order valence-electron chi connectivity index (χ0n) is 19.1. The molecule has 0 saturated carbocycles. The Labute approximate surface area is 209 Å². The Morgan fingerprint density at radius 1 is 0.829 bits per heavy atom. The number of nitrogens with two attached hydrogens (primary N) is 1. The third-order valence-corrected chi connectivity index (χ3v) is 5.10. The number of anilines is 1. The highest BCUT2D eigenvalue weighted by molar-refractivity contribution is 6.37. The molecule has 0 amide bonds. The molecule has 2 N–H and O–H groups in total. The third-order valence-electron chi connectivity index (χ3n) is 4.46. The zero-order valence-corrected chi connectivity index (χ0v) is 20.6. The van der Waals surface area contributed by atoms with Crippen LogP contribution in [0.25, 0.3) is 0 Å². The van der Waals surface area contributed by atoms with E-state index in [4.69, 9.17) is 57.4 Å². The predicted octanol–water partition coefficient (Wildman–Crippen LogP) is 1.82. The molecule has 0 radical (unpaired) electrons. The van der Waals surface area contributed by atoms with Crippen LogP contribution in [0.4, 0.5) is 5.69 Å². The molecule has 0 aromatic heterocycles. The van der Waals surface area contributed by atoms with Crippen LogP contribution in [-0.2, 0) is 47.6 Å². The first-order valence-electron chi connectivity index (χ1n) is 10.1. The van der Waals surface area contributed by atoms with Crippen LogP contribution in [0.5, 0.6) is 0 Å². The van der Waals surface area contributed by atoms with E-state index >= 15 is 0 Å². The van der Waals surface area contributed by atoms with Crippen LogP contribution >= 0.6 is 23.2 Å². The highest BCUT2D eigenvalue weighted by Crippen LogP contribution is 2.33. The number of carbonyl (C=O) groups excluding carboxylic acids is 5. The topological polar surface area (TPSA) is 167 Å². The zero-order chi connectivity index (χ0) is 26.4. The van der Waals surface area contributed by atoms with Crippen LogP contribution in [0.1, 0.15) is 38.1 Å². The molecule has 1 aromatic carbocycles. The average Bonchev–Trinajstić information content (AvgIpc) is 2.72. The molecule has 1 saturated heterocycles. The summed E-state index contributed by atoms with van der Waals surface area (Å²) >= 11 is 12.0. The molecule has 1 aromatic rings. The van der Waals surface area contributed by atoms with E-state index in [1.807, 2.05) is 0 Å². The lowest BCUT2D eigenvalue weighted by atomic mass is 9.98. The number of hydrogen-bond donors (Lipinski definition) is 1. The van der Waals surface area contributed by atoms with Crippen LogP contribution in [0.15, 0.2) is 12.1 Å². The quantitative estimate of drug-likeness (QED) is 0.306. The van der Waals surface area contributed by atoms with Crippen LogP contribution in [0.2, 0.25) is 10.0 Å². The minimum Gasteiger partial charge on any atom is -0.463 e. The summed E-state index contributed by atoms with van der Waals surface area (Å²) in [7, 11) is 0. The van der Waals surface area contributed by atoms with E-state index < -0.39 is 67.2 Å². The van der Waals surface area contributed by atoms with Crippen molar-refractivity contribution < 1.29 is 52.4 Å². The molecule has 192 valence electrons. The second-order valence-electron chi connectivity index (χ2n) is 7.33. The molecule has 0 aliphatic carbocycles. The molecule has 0 spiro atoms. The maximum absolute atomic E-state index is 12.9. The van der Waals surface area contributed by atoms with Crippen LogP contribution in [0, 0.1) is 0 Å². The van der Waals surface area contributed by atoms with Crippen LogP contribution in [0.3, 0.4) is 0 Å². The van der Waals surface area contributed by atoms with Crippen molar-refractivity contribution in [3.63, 3.8) is 0 Å². The molecule has 12 nitrogen and oxygen atoms in total. The monoisotopic (exact) mass is 535 g/mol. The van der Waals surface area contributed by atoms with Gasteiger partial charge in [0.05, 0.1) is 16.3 Å². The number of carbonyl (C=O) groups is 5. The van der Waals surface area contributed by atoms with Gasteiger partial charge in [0.1, 0.15) is 12.7 Å². The van der Waals surface area contributed by atoms with E-state index in [1.165, 1.54) is 12.1 Å². The summed E-state index contributed by atoms with van der Waals surface area (Å²) in [5, 5.41) is -0.0783. The van der Waals surface area contributed by atoms with Gasteiger partial charge in [-0.05, 0) is 12.1 Å². The van der Waals surface area contributed by atoms with Gasteiger partial charge in [-0.2, -0.15) is 0 Å². The van der Waals surface area contributed by atoms with E-state index in [1.54, 1.807) is 0 Å². The minimum absolute atomic E-state index is 0.00679. The SMILES string of the molecule is CC(=O)OC[C@H]1O[C@@H](OC(=O)c2cc(Cl)cc(N)c2Cl)[C@H](OC(C)=O)[C@@H](OC(C)=O)[C@@H]1OC(C)=O. The van der Waals surface area contributed by atoms with E-state index in [-0.39, 0.29) is 21.3 Å². The highest BCUT2D eigenvalue weighted by atomic mass is 35.5. The fourth-order valence-corrected chi connectivity index (χ4v) is 3.62. The molecule has 1 aliphatic heterocycles. The summed E-state index contributed by atoms with van der Waals surface area (Å²) in [5.74, 6) is -4.28. The van der Waals surface area contributed by atoms with Crippen molar-refractivity contribution in [3.8, 4) is 0 Å². The lowest BCUT2D eigenvalue weighted by Gasteiger charge is -2.43. The molecule has 5 atom stereocenters. The number of esters is 5. The van der Waals surface area contributed by atoms with Crippen molar-refractivity contribution in [2.45, 2.75) is 58.4 Å². The second kappa shape index (κ2) is 12.0. The van der Waals surface area contributed by atoms with Crippen molar-refractivity contribution in [2.24, 2.45) is 0 Å². The maximum atomic E-state index is 12.9. The Morgan fingerprint density at radius 3 is 1.91 bits per heavy atom. The average molecular weight is 536 g/mol. The number of nitrogen functional groups attached to an aromatic ring is 1. The summed E-state index contributed by atoms with van der Waals surface area (Å²) < 4.78 is 31.7. The second-order valence-corrected chi connectivity index (χ2v) is 8.14. The van der Waals surface area contributed by atoms with Gasteiger partial charge in [0.25, 0.3) is 0 Å².